The van der Waals surface area contributed by atoms with Gasteiger partial charge < -0.3 is 15.2 Å². The van der Waals surface area contributed by atoms with Gasteiger partial charge in [0, 0.05) is 12.0 Å². The second kappa shape index (κ2) is 10.3. The normalized spacial score (nSPS) is 14.1. The summed E-state index contributed by atoms with van der Waals surface area (Å²) in [6.45, 7) is 7.04. The van der Waals surface area contributed by atoms with E-state index in [1.165, 1.54) is 23.0 Å². The predicted octanol–water partition coefficient (Wildman–Crippen LogP) is 3.74. The average molecular weight is 479 g/mol. The second-order valence-corrected chi connectivity index (χ2v) is 10.1. The van der Waals surface area contributed by atoms with E-state index in [0.717, 1.165) is 24.8 Å². The zero-order valence-corrected chi connectivity index (χ0v) is 20.7. The molecule has 1 aliphatic rings. The van der Waals surface area contributed by atoms with Gasteiger partial charge in [-0.1, -0.05) is 67.9 Å². The standard InChI is InChI=1S/C26H34N6O3/c1-26(2,3)24-28-20(30-35-24)17-31(15-14-18-10-6-4-7-11-18)21-22(27)32(25(34)29-23(21)33)16-19-12-8-5-9-13-19/h5,8-10,12-13H,4,6-7,11,14-17,27H2,1-3H3,(H,29,33,34). The first kappa shape index (κ1) is 24.5. The first-order valence-electron chi connectivity index (χ1n) is 12.1. The highest BCUT2D eigenvalue weighted by Crippen LogP contribution is 2.25. The minimum Gasteiger partial charge on any atom is -0.383 e. The Bertz CT molecular complexity index is 1300. The van der Waals surface area contributed by atoms with Crippen LogP contribution in [0.1, 0.15) is 70.2 Å². The van der Waals surface area contributed by atoms with Crippen molar-refractivity contribution in [2.75, 3.05) is 17.2 Å². The first-order valence-corrected chi connectivity index (χ1v) is 12.1. The lowest BCUT2D eigenvalue weighted by Gasteiger charge is -2.26. The average Bonchev–Trinajstić information content (AvgIpc) is 3.31. The van der Waals surface area contributed by atoms with E-state index in [9.17, 15) is 9.59 Å². The van der Waals surface area contributed by atoms with E-state index in [0.29, 0.717) is 18.3 Å². The van der Waals surface area contributed by atoms with E-state index in [1.54, 1.807) is 0 Å². The minimum absolute atomic E-state index is 0.125. The number of anilines is 2. The molecule has 9 heteroatoms. The summed E-state index contributed by atoms with van der Waals surface area (Å²) in [5.74, 6) is 1.12. The molecule has 0 unspecified atom stereocenters. The van der Waals surface area contributed by atoms with Gasteiger partial charge in [0.2, 0.25) is 5.89 Å². The lowest BCUT2D eigenvalue weighted by atomic mass is 9.97. The number of hydrogen-bond donors (Lipinski definition) is 2. The van der Waals surface area contributed by atoms with Gasteiger partial charge >= 0.3 is 5.69 Å². The minimum atomic E-state index is -0.537. The van der Waals surface area contributed by atoms with Crippen molar-refractivity contribution in [2.24, 2.45) is 0 Å². The number of nitrogen functional groups attached to an aromatic ring is 1. The smallest absolute Gasteiger partial charge is 0.330 e. The van der Waals surface area contributed by atoms with Crippen LogP contribution in [0.25, 0.3) is 0 Å². The third-order valence-corrected chi connectivity index (χ3v) is 6.24. The zero-order chi connectivity index (χ0) is 25.0. The maximum atomic E-state index is 13.0. The summed E-state index contributed by atoms with van der Waals surface area (Å²) in [6.07, 6.45) is 7.61. The maximum absolute atomic E-state index is 13.0. The Morgan fingerprint density at radius 3 is 2.60 bits per heavy atom. The molecule has 1 aromatic carbocycles. The fourth-order valence-corrected chi connectivity index (χ4v) is 4.28. The quantitative estimate of drug-likeness (QED) is 0.473. The third kappa shape index (κ3) is 5.90. The monoisotopic (exact) mass is 478 g/mol. The van der Waals surface area contributed by atoms with Gasteiger partial charge in [0.05, 0.1) is 13.1 Å². The molecule has 0 atom stereocenters. The van der Waals surface area contributed by atoms with Crippen molar-refractivity contribution >= 4 is 11.5 Å². The van der Waals surface area contributed by atoms with E-state index in [2.05, 4.69) is 21.2 Å². The first-order chi connectivity index (χ1) is 16.7. The third-order valence-electron chi connectivity index (χ3n) is 6.24. The Kier molecular flexibility index (Phi) is 7.23. The van der Waals surface area contributed by atoms with Crippen LogP contribution < -0.4 is 21.9 Å². The van der Waals surface area contributed by atoms with Gasteiger partial charge in [-0.05, 0) is 37.7 Å². The van der Waals surface area contributed by atoms with Gasteiger partial charge in [0.1, 0.15) is 11.5 Å². The molecule has 3 N–H and O–H groups in total. The molecule has 0 aliphatic heterocycles. The Morgan fingerprint density at radius 1 is 1.17 bits per heavy atom. The number of aromatic amines is 1. The highest BCUT2D eigenvalue weighted by atomic mass is 16.5. The number of allylic oxidation sites excluding steroid dienone is 1. The van der Waals surface area contributed by atoms with Gasteiger partial charge in [-0.3, -0.25) is 14.3 Å². The summed E-state index contributed by atoms with van der Waals surface area (Å²) in [6, 6.07) is 9.54. The molecule has 0 bridgehead atoms. The number of nitrogens with two attached hydrogens (primary N) is 1. The fraction of sp³-hybridized carbons (Fsp3) is 0.462. The molecule has 1 aliphatic carbocycles. The lowest BCUT2D eigenvalue weighted by Crippen LogP contribution is -2.39. The molecule has 2 aromatic heterocycles. The van der Waals surface area contributed by atoms with Crippen LogP contribution in [0, 0.1) is 0 Å². The van der Waals surface area contributed by atoms with Gasteiger partial charge in [0.15, 0.2) is 5.82 Å². The molecule has 2 heterocycles. The molecule has 0 saturated heterocycles. The molecular formula is C26H34N6O3. The van der Waals surface area contributed by atoms with Crippen LogP contribution in [0.5, 0.6) is 0 Å². The van der Waals surface area contributed by atoms with Crippen LogP contribution in [0.3, 0.4) is 0 Å². The van der Waals surface area contributed by atoms with E-state index >= 15 is 0 Å². The van der Waals surface area contributed by atoms with Crippen molar-refractivity contribution < 1.29 is 4.52 Å². The van der Waals surface area contributed by atoms with E-state index in [1.807, 2.05) is 56.0 Å². The van der Waals surface area contributed by atoms with Gasteiger partial charge in [-0.15, -0.1) is 0 Å². The number of hydrogen-bond acceptors (Lipinski definition) is 7. The van der Waals surface area contributed by atoms with Crippen LogP contribution >= 0.6 is 0 Å². The van der Waals surface area contributed by atoms with Crippen LogP contribution in [0.15, 0.2) is 56.1 Å². The van der Waals surface area contributed by atoms with Crippen molar-refractivity contribution in [3.05, 3.63) is 80.1 Å². The zero-order valence-electron chi connectivity index (χ0n) is 20.7. The number of H-pyrrole nitrogens is 1. The maximum Gasteiger partial charge on any atom is 0.330 e. The van der Waals surface area contributed by atoms with Gasteiger partial charge in [0.25, 0.3) is 5.56 Å². The predicted molar refractivity (Wildman–Crippen MR) is 136 cm³/mol. The number of rotatable bonds is 8. The molecule has 0 fully saturated rings. The van der Waals surface area contributed by atoms with Crippen molar-refractivity contribution in [2.45, 2.75) is 71.4 Å². The Morgan fingerprint density at radius 2 is 1.94 bits per heavy atom. The topological polar surface area (TPSA) is 123 Å². The molecule has 4 rings (SSSR count). The van der Waals surface area contributed by atoms with Gasteiger partial charge in [-0.25, -0.2) is 4.79 Å². The summed E-state index contributed by atoms with van der Waals surface area (Å²) < 4.78 is 6.87. The Labute approximate surface area is 204 Å². The number of nitrogens with zero attached hydrogens (tertiary/aromatic N) is 4. The largest absolute Gasteiger partial charge is 0.383 e. The number of nitrogens with one attached hydrogen (secondary N) is 1. The molecule has 0 radical (unpaired) electrons. The van der Waals surface area contributed by atoms with Crippen molar-refractivity contribution in [1.82, 2.24) is 19.7 Å². The van der Waals surface area contributed by atoms with E-state index < -0.39 is 11.2 Å². The highest BCUT2D eigenvalue weighted by molar-refractivity contribution is 5.62. The molecular weight excluding hydrogens is 444 g/mol. The molecule has 9 nitrogen and oxygen atoms in total. The summed E-state index contributed by atoms with van der Waals surface area (Å²) >= 11 is 0. The fourth-order valence-electron chi connectivity index (χ4n) is 4.28. The van der Waals surface area contributed by atoms with Crippen LogP contribution in [-0.4, -0.2) is 26.2 Å². The molecule has 0 amide bonds. The van der Waals surface area contributed by atoms with Gasteiger partial charge in [-0.2, -0.15) is 4.98 Å². The van der Waals surface area contributed by atoms with E-state index in [-0.39, 0.29) is 30.0 Å². The van der Waals surface area contributed by atoms with E-state index in [4.69, 9.17) is 10.3 Å². The van der Waals surface area contributed by atoms with Crippen LogP contribution in [-0.2, 0) is 18.5 Å². The summed E-state index contributed by atoms with van der Waals surface area (Å²) in [7, 11) is 0. The van der Waals surface area contributed by atoms with Crippen molar-refractivity contribution in [3.63, 3.8) is 0 Å². The molecule has 186 valence electrons. The SMILES string of the molecule is CC(C)(C)c1nc(CN(CCC2=CCCCC2)c2c(N)n(Cc3ccccc3)c(=O)[nH]c2=O)no1. The molecule has 0 saturated carbocycles. The summed E-state index contributed by atoms with van der Waals surface area (Å²) in [4.78, 5) is 34.6. The Hall–Kier alpha value is -3.62. The Balaban J connectivity index is 1.70. The summed E-state index contributed by atoms with van der Waals surface area (Å²) in [5, 5.41) is 4.15. The second-order valence-electron chi connectivity index (χ2n) is 10.1. The lowest BCUT2D eigenvalue weighted by molar-refractivity contribution is 0.318. The van der Waals surface area contributed by atoms with Crippen molar-refractivity contribution in [1.29, 1.82) is 0 Å². The highest BCUT2D eigenvalue weighted by Gasteiger charge is 2.25. The molecule has 0 spiro atoms. The molecule has 35 heavy (non-hydrogen) atoms. The van der Waals surface area contributed by atoms with Crippen LogP contribution in [0.4, 0.5) is 11.5 Å². The number of benzene rings is 1. The van der Waals surface area contributed by atoms with Crippen molar-refractivity contribution in [3.8, 4) is 0 Å². The molecule has 3 aromatic rings. The summed E-state index contributed by atoms with van der Waals surface area (Å²) in [5.41, 5.74) is 7.68. The van der Waals surface area contributed by atoms with Crippen LogP contribution in [0.2, 0.25) is 0 Å². The number of aromatic nitrogens is 4.